The number of amides is 1. The van der Waals surface area contributed by atoms with Gasteiger partial charge in [0.2, 0.25) is 5.91 Å². The molecule has 1 amide bonds. The highest BCUT2D eigenvalue weighted by Crippen LogP contribution is 2.39. The van der Waals surface area contributed by atoms with Gasteiger partial charge in [-0.1, -0.05) is 226 Å². The summed E-state index contributed by atoms with van der Waals surface area (Å²) in [4.78, 5) is 42.2. The first-order chi connectivity index (χ1) is 32.5. The second-order valence-corrected chi connectivity index (χ2v) is 23.0. The van der Waals surface area contributed by atoms with Gasteiger partial charge in [-0.15, -0.1) is 23.5 Å². The van der Waals surface area contributed by atoms with Crippen LogP contribution in [0.1, 0.15) is 259 Å². The number of unbranched alkanes of at least 4 members (excludes halogenated alkanes) is 30. The normalized spacial score (nSPS) is 13.7. The number of aliphatic hydroxyl groups excluding tert-OH is 2. The van der Waals surface area contributed by atoms with Crippen molar-refractivity contribution in [1.82, 2.24) is 4.90 Å². The number of aliphatic carboxylic acids is 1. The molecule has 3 N–H and O–H groups in total. The quantitative estimate of drug-likeness (QED) is 0.0304. The number of carbonyl (C=O) groups is 3. The minimum absolute atomic E-state index is 0.0464. The Balaban J connectivity index is 5.37. The number of nitriles is 1. The van der Waals surface area contributed by atoms with Gasteiger partial charge >= 0.3 is 11.9 Å². The Bertz CT molecular complexity index is 1220. The van der Waals surface area contributed by atoms with Gasteiger partial charge in [0.25, 0.3) is 0 Å². The van der Waals surface area contributed by atoms with Gasteiger partial charge in [0, 0.05) is 25.3 Å². The molecule has 0 spiro atoms. The topological polar surface area (TPSA) is 148 Å². The van der Waals surface area contributed by atoms with Gasteiger partial charge in [0.05, 0.1) is 29.9 Å². The summed E-state index contributed by atoms with van der Waals surface area (Å²) in [5.41, 5.74) is -1.42. The van der Waals surface area contributed by atoms with Crippen LogP contribution in [0.5, 0.6) is 0 Å². The molecule has 9 nitrogen and oxygen atoms in total. The van der Waals surface area contributed by atoms with Gasteiger partial charge in [-0.05, 0) is 44.8 Å². The van der Waals surface area contributed by atoms with Crippen LogP contribution in [-0.4, -0.2) is 85.5 Å². The molecule has 0 rings (SSSR count). The van der Waals surface area contributed by atoms with E-state index in [1.165, 1.54) is 190 Å². The van der Waals surface area contributed by atoms with E-state index in [4.69, 9.17) is 17.0 Å². The minimum Gasteiger partial charge on any atom is -0.481 e. The monoisotopic (exact) mass is 999 g/mol. The highest BCUT2D eigenvalue weighted by molar-refractivity contribution is 8.47. The smallest absolute Gasteiger partial charge is 0.310 e. The number of thioether (sulfide) groups is 2. The predicted octanol–water partition coefficient (Wildman–Crippen LogP) is 15.4. The molecule has 4 unspecified atom stereocenters. The lowest BCUT2D eigenvalue weighted by molar-refractivity contribution is -0.158. The Morgan fingerprint density at radius 1 is 0.642 bits per heavy atom. The van der Waals surface area contributed by atoms with Gasteiger partial charge in [0.15, 0.2) is 0 Å². The number of carbonyl (C=O) groups excluding carboxylic acids is 2. The predicted molar refractivity (Wildman–Crippen MR) is 290 cm³/mol. The summed E-state index contributed by atoms with van der Waals surface area (Å²) in [5, 5.41) is 40.1. The highest BCUT2D eigenvalue weighted by atomic mass is 32.2. The maximum absolute atomic E-state index is 14.1. The van der Waals surface area contributed by atoms with Crippen molar-refractivity contribution < 1.29 is 34.4 Å². The third-order valence-corrected chi connectivity index (χ3v) is 16.5. The fraction of sp³-hybridized carbons (Fsp3) is 0.909. The fourth-order valence-corrected chi connectivity index (χ4v) is 11.0. The Labute approximate surface area is 425 Å². The Kier molecular flexibility index (Phi) is 46.0. The van der Waals surface area contributed by atoms with Crippen LogP contribution >= 0.6 is 35.7 Å². The van der Waals surface area contributed by atoms with Crippen molar-refractivity contribution in [1.29, 1.82) is 5.26 Å². The number of rotatable bonds is 49. The van der Waals surface area contributed by atoms with Crippen molar-refractivity contribution in [3.63, 3.8) is 0 Å². The molecule has 12 heteroatoms. The molecule has 0 saturated carbocycles. The summed E-state index contributed by atoms with van der Waals surface area (Å²) in [6.45, 7) is 8.42. The zero-order valence-electron chi connectivity index (χ0n) is 43.5. The fourth-order valence-electron chi connectivity index (χ4n) is 8.76. The van der Waals surface area contributed by atoms with E-state index in [1.807, 2.05) is 11.8 Å². The number of carboxylic acids is 1. The average Bonchev–Trinajstić information content (AvgIpc) is 3.32. The van der Waals surface area contributed by atoms with Gasteiger partial charge < -0.3 is 25.0 Å². The Morgan fingerprint density at radius 3 is 1.37 bits per heavy atom. The van der Waals surface area contributed by atoms with Gasteiger partial charge in [0.1, 0.15) is 16.2 Å². The first kappa shape index (κ1) is 65.6. The molecule has 0 saturated heterocycles. The van der Waals surface area contributed by atoms with Crippen molar-refractivity contribution in [2.45, 2.75) is 265 Å². The maximum Gasteiger partial charge on any atom is 0.310 e. The van der Waals surface area contributed by atoms with E-state index in [1.54, 1.807) is 6.92 Å². The number of hydrogen-bond acceptors (Lipinski definition) is 10. The van der Waals surface area contributed by atoms with Crippen LogP contribution in [0.2, 0.25) is 0 Å². The zero-order chi connectivity index (χ0) is 49.6. The molecule has 0 fully saturated rings. The average molecular weight is 1000 g/mol. The van der Waals surface area contributed by atoms with E-state index in [0.717, 1.165) is 50.7 Å². The molecule has 0 aromatic heterocycles. The standard InChI is InChI=1S/C55H102N2O7S3/c1-5-8-10-12-14-16-18-20-22-24-26-28-30-32-34-36-40-57(41-37-35-33-31-29-27-25-23-21-19-17-15-13-11-9-6-2)51(60)38-39-55(4,47-56)50(53(63)64-45-49(59)44-58)43-48(52(61)62)46-67-54(65)66-42-7-3/h48-50,58-59H,5-46H2,1-4H3,(H,61,62). The Hall–Kier alpha value is -1.39. The van der Waals surface area contributed by atoms with E-state index in [9.17, 15) is 35.0 Å². The molecule has 0 aliphatic carbocycles. The summed E-state index contributed by atoms with van der Waals surface area (Å²) in [5.74, 6) is -3.21. The third kappa shape index (κ3) is 38.0. The molecule has 392 valence electrons. The number of hydrogen-bond donors (Lipinski definition) is 3. The SMILES string of the molecule is CCCCCCCCCCCCCCCCCCN(CCCCCCCCCCCCCCCCCC)C(=O)CCC(C)(C#N)C(CC(CSC(=S)SCCC)C(=O)O)C(=O)OCC(O)CO. The molecule has 67 heavy (non-hydrogen) atoms. The van der Waals surface area contributed by atoms with E-state index < -0.39 is 48.5 Å². The van der Waals surface area contributed by atoms with Crippen molar-refractivity contribution >= 4 is 57.1 Å². The van der Waals surface area contributed by atoms with E-state index in [2.05, 4.69) is 19.9 Å². The van der Waals surface area contributed by atoms with Crippen LogP contribution in [0.3, 0.4) is 0 Å². The first-order valence-electron chi connectivity index (χ1n) is 27.7. The Morgan fingerprint density at radius 2 is 1.03 bits per heavy atom. The van der Waals surface area contributed by atoms with Crippen LogP contribution in [0, 0.1) is 28.6 Å². The number of thiocarbonyl (C=S) groups is 1. The summed E-state index contributed by atoms with van der Waals surface area (Å²) in [7, 11) is 0. The second kappa shape index (κ2) is 47.0. The molecular weight excluding hydrogens is 897 g/mol. The molecule has 0 heterocycles. The second-order valence-electron chi connectivity index (χ2n) is 19.7. The van der Waals surface area contributed by atoms with Crippen molar-refractivity contribution in [3.05, 3.63) is 0 Å². The summed E-state index contributed by atoms with van der Waals surface area (Å²) in [6.07, 6.45) is 40.7. The molecule has 0 aliphatic rings. The molecule has 4 atom stereocenters. The lowest BCUT2D eigenvalue weighted by Crippen LogP contribution is -2.40. The van der Waals surface area contributed by atoms with E-state index in [-0.39, 0.29) is 30.9 Å². The molecule has 0 bridgehead atoms. The summed E-state index contributed by atoms with van der Waals surface area (Å²) < 4.78 is 6.00. The van der Waals surface area contributed by atoms with Crippen LogP contribution < -0.4 is 0 Å². The van der Waals surface area contributed by atoms with E-state index >= 15 is 0 Å². The lowest BCUT2D eigenvalue weighted by Gasteiger charge is -2.32. The van der Waals surface area contributed by atoms with Crippen LogP contribution in [-0.2, 0) is 19.1 Å². The summed E-state index contributed by atoms with van der Waals surface area (Å²) in [6, 6.07) is 2.28. The minimum atomic E-state index is -1.42. The molecular formula is C55H102N2O7S3. The number of aliphatic hydroxyl groups is 2. The van der Waals surface area contributed by atoms with Gasteiger partial charge in [-0.2, -0.15) is 5.26 Å². The van der Waals surface area contributed by atoms with Crippen molar-refractivity contribution in [2.24, 2.45) is 17.3 Å². The number of nitrogens with zero attached hydrogens (tertiary/aromatic N) is 2. The first-order valence-corrected chi connectivity index (χ1v) is 30.0. The zero-order valence-corrected chi connectivity index (χ0v) is 46.0. The van der Waals surface area contributed by atoms with Gasteiger partial charge in [-0.3, -0.25) is 14.4 Å². The molecule has 0 aromatic rings. The largest absolute Gasteiger partial charge is 0.481 e. The van der Waals surface area contributed by atoms with Crippen LogP contribution in [0.15, 0.2) is 0 Å². The maximum atomic E-state index is 14.1. The van der Waals surface area contributed by atoms with Crippen LogP contribution in [0.25, 0.3) is 0 Å². The number of carboxylic acid groups (broad SMARTS) is 1. The van der Waals surface area contributed by atoms with Gasteiger partial charge in [-0.25, -0.2) is 0 Å². The highest BCUT2D eigenvalue weighted by Gasteiger charge is 2.43. The van der Waals surface area contributed by atoms with Crippen LogP contribution in [0.4, 0.5) is 0 Å². The van der Waals surface area contributed by atoms with Crippen molar-refractivity contribution in [3.8, 4) is 6.07 Å². The molecule has 0 aliphatic heterocycles. The van der Waals surface area contributed by atoms with E-state index in [0.29, 0.717) is 16.6 Å². The third-order valence-electron chi connectivity index (χ3n) is 13.4. The molecule has 0 aromatic carbocycles. The number of esters is 1. The number of ether oxygens (including phenoxy) is 1. The lowest BCUT2D eigenvalue weighted by atomic mass is 9.71. The summed E-state index contributed by atoms with van der Waals surface area (Å²) >= 11 is 8.19. The molecule has 0 radical (unpaired) electrons. The van der Waals surface area contributed by atoms with Crippen molar-refractivity contribution in [2.75, 3.05) is 37.8 Å².